The Bertz CT molecular complexity index is 776. The molecule has 0 spiro atoms. The van der Waals surface area contributed by atoms with E-state index in [-0.39, 0.29) is 18.1 Å². The van der Waals surface area contributed by atoms with Crippen LogP contribution in [0.5, 0.6) is 0 Å². The van der Waals surface area contributed by atoms with Crippen LogP contribution in [0.3, 0.4) is 0 Å². The van der Waals surface area contributed by atoms with Gasteiger partial charge in [0.05, 0.1) is 12.1 Å². The zero-order valence-corrected chi connectivity index (χ0v) is 17.7. The minimum Gasteiger partial charge on any atom is -0.392 e. The molecular weight excluding hydrogens is 362 g/mol. The van der Waals surface area contributed by atoms with Gasteiger partial charge in [0.1, 0.15) is 0 Å². The lowest BCUT2D eigenvalue weighted by Crippen LogP contribution is -2.36. The predicted molar refractivity (Wildman–Crippen MR) is 118 cm³/mol. The minimum absolute atomic E-state index is 0.0291. The number of amides is 1. The molecule has 5 heteroatoms. The molecule has 3 rings (SSSR count). The van der Waals surface area contributed by atoms with E-state index in [1.165, 1.54) is 5.56 Å². The summed E-state index contributed by atoms with van der Waals surface area (Å²) in [5.41, 5.74) is 3.00. The Morgan fingerprint density at radius 3 is 2.45 bits per heavy atom. The molecule has 1 heterocycles. The monoisotopic (exact) mass is 395 g/mol. The summed E-state index contributed by atoms with van der Waals surface area (Å²) in [6.45, 7) is 7.36. The molecule has 29 heavy (non-hydrogen) atoms. The molecular formula is C24H33N3O2. The molecule has 0 aliphatic carbocycles. The van der Waals surface area contributed by atoms with E-state index in [4.69, 9.17) is 0 Å². The van der Waals surface area contributed by atoms with Crippen LogP contribution in [0.2, 0.25) is 0 Å². The number of aliphatic hydroxyl groups is 1. The minimum atomic E-state index is -0.222. The van der Waals surface area contributed by atoms with E-state index >= 15 is 0 Å². The van der Waals surface area contributed by atoms with Gasteiger partial charge in [0.25, 0.3) is 5.91 Å². The molecule has 2 aromatic carbocycles. The van der Waals surface area contributed by atoms with Crippen LogP contribution >= 0.6 is 0 Å². The molecule has 0 aromatic heterocycles. The zero-order chi connectivity index (χ0) is 20.8. The third kappa shape index (κ3) is 5.81. The number of likely N-dealkylation sites (tertiary alicyclic amines) is 1. The summed E-state index contributed by atoms with van der Waals surface area (Å²) in [7, 11) is 2.10. The third-order valence-corrected chi connectivity index (χ3v) is 5.54. The fourth-order valence-electron chi connectivity index (χ4n) is 3.78. The van der Waals surface area contributed by atoms with Gasteiger partial charge in [-0.05, 0) is 42.2 Å². The first-order valence-electron chi connectivity index (χ1n) is 10.5. The highest BCUT2D eigenvalue weighted by molar-refractivity contribution is 5.94. The van der Waals surface area contributed by atoms with Crippen molar-refractivity contribution in [3.05, 3.63) is 65.7 Å². The summed E-state index contributed by atoms with van der Waals surface area (Å²) in [5.74, 6) is 0.402. The highest BCUT2D eigenvalue weighted by atomic mass is 16.3. The normalized spacial score (nSPS) is 18.0. The molecule has 2 unspecified atom stereocenters. The lowest BCUT2D eigenvalue weighted by molar-refractivity contribution is 0.0949. The molecule has 156 valence electrons. The quantitative estimate of drug-likeness (QED) is 0.720. The van der Waals surface area contributed by atoms with E-state index < -0.39 is 0 Å². The number of likely N-dealkylation sites (N-methyl/N-ethyl adjacent to an activating group) is 1. The third-order valence-electron chi connectivity index (χ3n) is 5.54. The first-order chi connectivity index (χ1) is 13.9. The number of hydrogen-bond acceptors (Lipinski definition) is 4. The molecule has 1 aliphatic rings. The molecule has 0 radical (unpaired) electrons. The Morgan fingerprint density at radius 2 is 1.86 bits per heavy atom. The highest BCUT2D eigenvalue weighted by Crippen LogP contribution is 2.28. The maximum atomic E-state index is 12.3. The largest absolute Gasteiger partial charge is 0.392 e. The fourth-order valence-corrected chi connectivity index (χ4v) is 3.78. The standard InChI is InChI=1S/C24H33N3O2/c1-18(2)15-25-24(29)20-9-11-21(12-10-20)26(3)23(19-7-5-4-6-8-19)17-27-14-13-22(28)16-27/h4-12,18,22-23,28H,13-17H2,1-3H3,(H,25,29). The van der Waals surface area contributed by atoms with E-state index in [1.807, 2.05) is 30.3 Å². The van der Waals surface area contributed by atoms with Gasteiger partial charge in [-0.3, -0.25) is 9.69 Å². The number of carbonyl (C=O) groups is 1. The van der Waals surface area contributed by atoms with Crippen LogP contribution in [0.1, 0.15) is 42.2 Å². The molecule has 1 saturated heterocycles. The zero-order valence-electron chi connectivity index (χ0n) is 17.7. The van der Waals surface area contributed by atoms with Crippen LogP contribution in [0, 0.1) is 5.92 Å². The van der Waals surface area contributed by atoms with Crippen molar-refractivity contribution in [3.8, 4) is 0 Å². The summed E-state index contributed by atoms with van der Waals surface area (Å²) in [6.07, 6.45) is 0.617. The van der Waals surface area contributed by atoms with Gasteiger partial charge in [-0.1, -0.05) is 44.2 Å². The van der Waals surface area contributed by atoms with Crippen molar-refractivity contribution in [1.29, 1.82) is 0 Å². The van der Waals surface area contributed by atoms with Crippen molar-refractivity contribution in [3.63, 3.8) is 0 Å². The SMILES string of the molecule is CC(C)CNC(=O)c1ccc(N(C)C(CN2CCC(O)C2)c2ccccc2)cc1. The van der Waals surface area contributed by atoms with E-state index in [0.29, 0.717) is 18.0 Å². The van der Waals surface area contributed by atoms with Gasteiger partial charge in [0, 0.05) is 44.5 Å². The summed E-state index contributed by atoms with van der Waals surface area (Å²) >= 11 is 0. The number of benzene rings is 2. The van der Waals surface area contributed by atoms with Crippen LogP contribution < -0.4 is 10.2 Å². The number of nitrogens with one attached hydrogen (secondary N) is 1. The summed E-state index contributed by atoms with van der Waals surface area (Å²) < 4.78 is 0. The summed E-state index contributed by atoms with van der Waals surface area (Å²) in [5, 5.41) is 12.9. The van der Waals surface area contributed by atoms with Gasteiger partial charge >= 0.3 is 0 Å². The number of nitrogens with zero attached hydrogens (tertiary/aromatic N) is 2. The van der Waals surface area contributed by atoms with E-state index in [0.717, 1.165) is 31.7 Å². The molecule has 1 amide bonds. The van der Waals surface area contributed by atoms with Crippen LogP contribution in [0.15, 0.2) is 54.6 Å². The number of aliphatic hydroxyl groups excluding tert-OH is 1. The van der Waals surface area contributed by atoms with E-state index in [9.17, 15) is 9.90 Å². The van der Waals surface area contributed by atoms with Crippen molar-refractivity contribution < 1.29 is 9.90 Å². The first-order valence-corrected chi connectivity index (χ1v) is 10.5. The molecule has 0 saturated carbocycles. The molecule has 1 fully saturated rings. The van der Waals surface area contributed by atoms with Crippen molar-refractivity contribution in [2.45, 2.75) is 32.4 Å². The first kappa shape index (κ1) is 21.3. The van der Waals surface area contributed by atoms with Crippen molar-refractivity contribution >= 4 is 11.6 Å². The van der Waals surface area contributed by atoms with E-state index in [2.05, 4.69) is 60.3 Å². The topological polar surface area (TPSA) is 55.8 Å². The lowest BCUT2D eigenvalue weighted by Gasteiger charge is -2.33. The van der Waals surface area contributed by atoms with Crippen molar-refractivity contribution in [2.75, 3.05) is 38.1 Å². The Kier molecular flexibility index (Phi) is 7.29. The Labute approximate surface area is 174 Å². The molecule has 1 aliphatic heterocycles. The van der Waals surface area contributed by atoms with Crippen LogP contribution in [-0.4, -0.2) is 55.2 Å². The molecule has 2 atom stereocenters. The summed E-state index contributed by atoms with van der Waals surface area (Å²) in [6, 6.07) is 18.5. The number of β-amino-alcohol motifs (C(OH)–C–C–N with tert-alkyl or cyclic N) is 1. The van der Waals surface area contributed by atoms with Gasteiger partial charge in [-0.25, -0.2) is 0 Å². The van der Waals surface area contributed by atoms with Gasteiger partial charge < -0.3 is 15.3 Å². The van der Waals surface area contributed by atoms with Crippen LogP contribution in [0.4, 0.5) is 5.69 Å². The van der Waals surface area contributed by atoms with Gasteiger partial charge in [0.2, 0.25) is 0 Å². The summed E-state index contributed by atoms with van der Waals surface area (Å²) in [4.78, 5) is 16.9. The highest BCUT2D eigenvalue weighted by Gasteiger charge is 2.26. The van der Waals surface area contributed by atoms with Crippen LogP contribution in [-0.2, 0) is 0 Å². The average molecular weight is 396 g/mol. The predicted octanol–water partition coefficient (Wildman–Crippen LogP) is 3.32. The number of carbonyl (C=O) groups excluding carboxylic acids is 1. The van der Waals surface area contributed by atoms with Gasteiger partial charge in [-0.2, -0.15) is 0 Å². The number of rotatable bonds is 8. The molecule has 2 aromatic rings. The average Bonchev–Trinajstić information content (AvgIpc) is 3.15. The second-order valence-corrected chi connectivity index (χ2v) is 8.39. The molecule has 5 nitrogen and oxygen atoms in total. The molecule has 2 N–H and O–H groups in total. The maximum absolute atomic E-state index is 12.3. The van der Waals surface area contributed by atoms with Crippen LogP contribution in [0.25, 0.3) is 0 Å². The number of hydrogen-bond donors (Lipinski definition) is 2. The number of anilines is 1. The van der Waals surface area contributed by atoms with Gasteiger partial charge in [-0.15, -0.1) is 0 Å². The van der Waals surface area contributed by atoms with E-state index in [1.54, 1.807) is 0 Å². The smallest absolute Gasteiger partial charge is 0.251 e. The fraction of sp³-hybridized carbons (Fsp3) is 0.458. The Hall–Kier alpha value is -2.37. The molecule has 0 bridgehead atoms. The Balaban J connectivity index is 1.74. The second-order valence-electron chi connectivity index (χ2n) is 8.39. The second kappa shape index (κ2) is 9.90. The maximum Gasteiger partial charge on any atom is 0.251 e. The van der Waals surface area contributed by atoms with Gasteiger partial charge in [0.15, 0.2) is 0 Å². The lowest BCUT2D eigenvalue weighted by atomic mass is 10.0. The van der Waals surface area contributed by atoms with Crippen molar-refractivity contribution in [1.82, 2.24) is 10.2 Å². The Morgan fingerprint density at radius 1 is 1.17 bits per heavy atom. The van der Waals surface area contributed by atoms with Crippen molar-refractivity contribution in [2.24, 2.45) is 5.92 Å².